The molecule has 0 saturated heterocycles. The molecule has 0 nitrogen and oxygen atoms in total. The summed E-state index contributed by atoms with van der Waals surface area (Å²) in [5.41, 5.74) is 3.15. The summed E-state index contributed by atoms with van der Waals surface area (Å²) < 4.78 is 0. The van der Waals surface area contributed by atoms with Crippen molar-refractivity contribution in [2.45, 2.75) is 33.6 Å². The molecule has 0 radical (unpaired) electrons. The molecule has 2 fully saturated rings. The van der Waals surface area contributed by atoms with E-state index in [1.165, 1.54) is 12.8 Å². The summed E-state index contributed by atoms with van der Waals surface area (Å²) in [5.74, 6) is 2.07. The third-order valence-corrected chi connectivity index (χ3v) is 5.01. The maximum absolute atomic E-state index is 2.49. The van der Waals surface area contributed by atoms with Crippen LogP contribution >= 0.6 is 0 Å². The number of hydrogen-bond acceptors (Lipinski definition) is 0. The summed E-state index contributed by atoms with van der Waals surface area (Å²) in [4.78, 5) is 0. The normalized spacial score (nSPS) is 55.7. The van der Waals surface area contributed by atoms with Gasteiger partial charge in [0.2, 0.25) is 0 Å². The van der Waals surface area contributed by atoms with Gasteiger partial charge >= 0.3 is 0 Å². The Morgan fingerprint density at radius 3 is 2.55 bits per heavy atom. The van der Waals surface area contributed by atoms with Crippen molar-refractivity contribution in [1.82, 2.24) is 0 Å². The van der Waals surface area contributed by atoms with Gasteiger partial charge in [-0.05, 0) is 42.4 Å². The average Bonchev–Trinajstić information content (AvgIpc) is 2.09. The highest BCUT2D eigenvalue weighted by atomic mass is 14.8. The molecule has 3 atom stereocenters. The second kappa shape index (κ2) is 1.32. The van der Waals surface area contributed by atoms with Gasteiger partial charge in [0.15, 0.2) is 0 Å². The van der Waals surface area contributed by atoms with Crippen molar-refractivity contribution in [2.75, 3.05) is 0 Å². The Balaban J connectivity index is 2.02. The predicted molar refractivity (Wildman–Crippen MR) is 46.2 cm³/mol. The van der Waals surface area contributed by atoms with Crippen molar-refractivity contribution in [3.8, 4) is 0 Å². The number of rotatable bonds is 0. The van der Waals surface area contributed by atoms with Crippen LogP contribution in [0.15, 0.2) is 11.6 Å². The van der Waals surface area contributed by atoms with Gasteiger partial charge in [-0.1, -0.05) is 25.5 Å². The third-order valence-electron chi connectivity index (χ3n) is 5.01. The molecular formula is C11H16. The number of allylic oxidation sites excluding steroid dienone is 2. The van der Waals surface area contributed by atoms with Gasteiger partial charge in [0, 0.05) is 0 Å². The molecule has 60 valence electrons. The Morgan fingerprint density at radius 2 is 2.18 bits per heavy atom. The van der Waals surface area contributed by atoms with Crippen LogP contribution in [0.1, 0.15) is 33.6 Å². The topological polar surface area (TPSA) is 0 Å². The molecule has 3 unspecified atom stereocenters. The van der Waals surface area contributed by atoms with Crippen LogP contribution in [0, 0.1) is 22.7 Å². The molecule has 3 aliphatic rings. The van der Waals surface area contributed by atoms with E-state index in [1.54, 1.807) is 5.57 Å². The van der Waals surface area contributed by atoms with Gasteiger partial charge in [0.1, 0.15) is 0 Å². The highest BCUT2D eigenvalue weighted by molar-refractivity contribution is 5.39. The smallest absolute Gasteiger partial charge is 0.0110 e. The van der Waals surface area contributed by atoms with Gasteiger partial charge in [-0.15, -0.1) is 0 Å². The van der Waals surface area contributed by atoms with E-state index in [0.717, 1.165) is 17.3 Å². The zero-order chi connectivity index (χ0) is 7.85. The Kier molecular flexibility index (Phi) is 0.753. The van der Waals surface area contributed by atoms with E-state index in [1.807, 2.05) is 0 Å². The molecule has 0 heterocycles. The van der Waals surface area contributed by atoms with Crippen molar-refractivity contribution in [3.63, 3.8) is 0 Å². The maximum atomic E-state index is 2.49. The second-order valence-corrected chi connectivity index (χ2v) is 5.26. The summed E-state index contributed by atoms with van der Waals surface area (Å²) in [6, 6.07) is 0. The second-order valence-electron chi connectivity index (χ2n) is 5.26. The fourth-order valence-corrected chi connectivity index (χ4v) is 4.10. The van der Waals surface area contributed by atoms with E-state index in [9.17, 15) is 0 Å². The van der Waals surface area contributed by atoms with Crippen LogP contribution in [-0.4, -0.2) is 0 Å². The number of hydrogen-bond donors (Lipinski definition) is 0. The fraction of sp³-hybridized carbons (Fsp3) is 0.818. The molecule has 0 aromatic heterocycles. The zero-order valence-electron chi connectivity index (χ0n) is 7.65. The van der Waals surface area contributed by atoms with Crippen molar-refractivity contribution in [3.05, 3.63) is 11.6 Å². The Bertz CT molecular complexity index is 259. The van der Waals surface area contributed by atoms with Crippen LogP contribution in [0.3, 0.4) is 0 Å². The van der Waals surface area contributed by atoms with Crippen LogP contribution in [-0.2, 0) is 0 Å². The van der Waals surface area contributed by atoms with E-state index in [4.69, 9.17) is 0 Å². The summed E-state index contributed by atoms with van der Waals surface area (Å²) in [6.07, 6.45) is 5.37. The van der Waals surface area contributed by atoms with Crippen molar-refractivity contribution >= 4 is 0 Å². The Morgan fingerprint density at radius 1 is 1.45 bits per heavy atom. The van der Waals surface area contributed by atoms with Crippen LogP contribution in [0.4, 0.5) is 0 Å². The van der Waals surface area contributed by atoms with Crippen LogP contribution in [0.5, 0.6) is 0 Å². The van der Waals surface area contributed by atoms with E-state index >= 15 is 0 Å². The minimum absolute atomic E-state index is 0.686. The minimum atomic E-state index is 0.686. The molecule has 0 aromatic rings. The third kappa shape index (κ3) is 0.389. The van der Waals surface area contributed by atoms with Gasteiger partial charge in [-0.25, -0.2) is 0 Å². The van der Waals surface area contributed by atoms with Gasteiger partial charge in [-0.2, -0.15) is 0 Å². The van der Waals surface area contributed by atoms with Crippen LogP contribution in [0.2, 0.25) is 0 Å². The van der Waals surface area contributed by atoms with Gasteiger partial charge < -0.3 is 0 Å². The first kappa shape index (κ1) is 6.28. The van der Waals surface area contributed by atoms with Crippen molar-refractivity contribution < 1.29 is 0 Å². The van der Waals surface area contributed by atoms with E-state index in [2.05, 4.69) is 26.8 Å². The lowest BCUT2D eigenvalue weighted by Crippen LogP contribution is -2.25. The van der Waals surface area contributed by atoms with Crippen molar-refractivity contribution in [1.29, 1.82) is 0 Å². The standard InChI is InChI=1S/C11H16/c1-7-4-5-11-8(7)6-9(11)10(11,2)3/h4,8-9H,5-6H2,1-3H3. The lowest BCUT2D eigenvalue weighted by Gasteiger charge is -2.32. The monoisotopic (exact) mass is 148 g/mol. The first-order chi connectivity index (χ1) is 5.11. The lowest BCUT2D eigenvalue weighted by atomic mass is 9.72. The molecule has 3 rings (SSSR count). The van der Waals surface area contributed by atoms with Crippen molar-refractivity contribution in [2.24, 2.45) is 22.7 Å². The summed E-state index contributed by atoms with van der Waals surface area (Å²) >= 11 is 0. The lowest BCUT2D eigenvalue weighted by molar-refractivity contribution is 0.207. The molecule has 0 N–H and O–H groups in total. The highest BCUT2D eigenvalue weighted by Crippen LogP contribution is 2.87. The summed E-state index contributed by atoms with van der Waals surface area (Å²) in [5, 5.41) is 0. The Labute approximate surface area is 68.7 Å². The molecule has 0 amide bonds. The summed E-state index contributed by atoms with van der Waals surface area (Å²) in [6.45, 7) is 7.25. The van der Waals surface area contributed by atoms with E-state index in [0.29, 0.717) is 5.41 Å². The quantitative estimate of drug-likeness (QED) is 0.463. The van der Waals surface area contributed by atoms with Crippen LogP contribution < -0.4 is 0 Å². The molecule has 1 spiro atoms. The molecular weight excluding hydrogens is 132 g/mol. The maximum Gasteiger partial charge on any atom is -0.0110 e. The van der Waals surface area contributed by atoms with Gasteiger partial charge in [0.05, 0.1) is 0 Å². The molecule has 0 bridgehead atoms. The average molecular weight is 148 g/mol. The largest absolute Gasteiger partial charge is 0.0847 e. The molecule has 11 heavy (non-hydrogen) atoms. The van der Waals surface area contributed by atoms with Gasteiger partial charge in [0.25, 0.3) is 0 Å². The molecule has 0 aromatic carbocycles. The first-order valence-electron chi connectivity index (χ1n) is 4.77. The SMILES string of the molecule is CC1=CCC23C1CC2C3(C)C. The zero-order valence-corrected chi connectivity index (χ0v) is 7.65. The minimum Gasteiger partial charge on any atom is -0.0847 e. The highest BCUT2D eigenvalue weighted by Gasteiger charge is 2.81. The molecule has 3 aliphatic carbocycles. The molecule has 2 saturated carbocycles. The predicted octanol–water partition coefficient (Wildman–Crippen LogP) is 3.00. The molecule has 0 heteroatoms. The van der Waals surface area contributed by atoms with Gasteiger partial charge in [-0.3, -0.25) is 0 Å². The molecule has 0 aliphatic heterocycles. The Hall–Kier alpha value is -0.260. The van der Waals surface area contributed by atoms with E-state index < -0.39 is 0 Å². The fourth-order valence-electron chi connectivity index (χ4n) is 4.10. The van der Waals surface area contributed by atoms with E-state index in [-0.39, 0.29) is 0 Å². The van der Waals surface area contributed by atoms with Crippen LogP contribution in [0.25, 0.3) is 0 Å². The first-order valence-corrected chi connectivity index (χ1v) is 4.77. The summed E-state index contributed by atoms with van der Waals surface area (Å²) in [7, 11) is 0.